The van der Waals surface area contributed by atoms with E-state index in [9.17, 15) is 4.79 Å². The molecule has 1 aromatic rings. The zero-order chi connectivity index (χ0) is 15.7. The van der Waals surface area contributed by atoms with Crippen LogP contribution < -0.4 is 15.5 Å². The van der Waals surface area contributed by atoms with Gasteiger partial charge in [-0.1, -0.05) is 12.1 Å². The highest BCUT2D eigenvalue weighted by atomic mass is 16.6. The molecule has 124 valence electrons. The first-order valence-corrected chi connectivity index (χ1v) is 8.38. The minimum absolute atomic E-state index is 0.0578. The number of hydrogen-bond acceptors (Lipinski definition) is 5. The molecule has 3 aliphatic rings. The molecule has 23 heavy (non-hydrogen) atoms. The van der Waals surface area contributed by atoms with E-state index in [2.05, 4.69) is 16.7 Å². The van der Waals surface area contributed by atoms with Gasteiger partial charge in [-0.3, -0.25) is 4.79 Å². The van der Waals surface area contributed by atoms with E-state index < -0.39 is 5.54 Å². The van der Waals surface area contributed by atoms with Gasteiger partial charge in [0.1, 0.15) is 5.54 Å². The molecule has 1 spiro atoms. The first-order valence-electron chi connectivity index (χ1n) is 8.38. The Morgan fingerprint density at radius 3 is 2.83 bits per heavy atom. The van der Waals surface area contributed by atoms with Crippen molar-refractivity contribution in [3.05, 3.63) is 24.3 Å². The number of carbonyl (C=O) groups is 1. The van der Waals surface area contributed by atoms with Gasteiger partial charge in [-0.15, -0.1) is 0 Å². The monoisotopic (exact) mass is 317 g/mol. The predicted molar refractivity (Wildman–Crippen MR) is 87.8 cm³/mol. The number of fused-ring (bicyclic) bond motifs is 1. The van der Waals surface area contributed by atoms with Crippen molar-refractivity contribution < 1.29 is 14.3 Å². The summed E-state index contributed by atoms with van der Waals surface area (Å²) in [4.78, 5) is 15.2. The minimum atomic E-state index is -0.491. The Bertz CT molecular complexity index is 580. The average Bonchev–Trinajstić information content (AvgIpc) is 2.61. The van der Waals surface area contributed by atoms with Gasteiger partial charge in [0.2, 0.25) is 0 Å². The quantitative estimate of drug-likeness (QED) is 0.851. The first kappa shape index (κ1) is 14.9. The molecule has 1 amide bonds. The number of anilines is 2. The number of rotatable bonds is 2. The Balaban J connectivity index is 1.65. The summed E-state index contributed by atoms with van der Waals surface area (Å²) in [6.45, 7) is 4.05. The van der Waals surface area contributed by atoms with Crippen LogP contribution in [0.15, 0.2) is 24.3 Å². The summed E-state index contributed by atoms with van der Waals surface area (Å²) in [6.07, 6.45) is 1.55. The van der Waals surface area contributed by atoms with Crippen LogP contribution in [0.1, 0.15) is 12.8 Å². The molecule has 2 fully saturated rings. The highest BCUT2D eigenvalue weighted by molar-refractivity contribution is 6.08. The fourth-order valence-corrected chi connectivity index (χ4v) is 3.71. The number of carbonyl (C=O) groups excluding carboxylic acids is 1. The maximum Gasteiger partial charge on any atom is 0.252 e. The molecular formula is C17H23N3O3. The fraction of sp³-hybridized carbons (Fsp3) is 0.588. The number of piperidine rings is 1. The molecule has 1 atom stereocenters. The SMILES string of the molecule is O=C1N(C[C@H]2COCCO2)c2ccccc2NC12CCNCC2. The highest BCUT2D eigenvalue weighted by Gasteiger charge is 2.46. The molecule has 0 unspecified atom stereocenters. The summed E-state index contributed by atoms with van der Waals surface area (Å²) >= 11 is 0. The van der Waals surface area contributed by atoms with Crippen molar-refractivity contribution in [1.29, 1.82) is 0 Å². The van der Waals surface area contributed by atoms with Gasteiger partial charge in [0, 0.05) is 0 Å². The molecule has 2 N–H and O–H groups in total. The second-order valence-corrected chi connectivity index (χ2v) is 6.46. The zero-order valence-electron chi connectivity index (χ0n) is 13.2. The van der Waals surface area contributed by atoms with Gasteiger partial charge in [-0.05, 0) is 38.1 Å². The van der Waals surface area contributed by atoms with Gasteiger partial charge in [-0.2, -0.15) is 0 Å². The average molecular weight is 317 g/mol. The van der Waals surface area contributed by atoms with Gasteiger partial charge in [0.15, 0.2) is 0 Å². The lowest BCUT2D eigenvalue weighted by atomic mass is 9.84. The molecule has 2 saturated heterocycles. The number of hydrogen-bond donors (Lipinski definition) is 2. The van der Waals surface area contributed by atoms with E-state index in [4.69, 9.17) is 9.47 Å². The van der Waals surface area contributed by atoms with Crippen molar-refractivity contribution in [2.45, 2.75) is 24.5 Å². The van der Waals surface area contributed by atoms with Crippen LogP contribution in [0.2, 0.25) is 0 Å². The smallest absolute Gasteiger partial charge is 0.252 e. The third-order valence-electron chi connectivity index (χ3n) is 4.95. The van der Waals surface area contributed by atoms with E-state index in [1.807, 2.05) is 23.1 Å². The Morgan fingerprint density at radius 1 is 1.22 bits per heavy atom. The lowest BCUT2D eigenvalue weighted by Gasteiger charge is -2.46. The Hall–Kier alpha value is -1.63. The Morgan fingerprint density at radius 2 is 2.04 bits per heavy atom. The summed E-state index contributed by atoms with van der Waals surface area (Å²) in [5.41, 5.74) is 1.48. The van der Waals surface area contributed by atoms with Crippen LogP contribution >= 0.6 is 0 Å². The van der Waals surface area contributed by atoms with Gasteiger partial charge in [0.05, 0.1) is 43.8 Å². The second-order valence-electron chi connectivity index (χ2n) is 6.46. The molecule has 3 aliphatic heterocycles. The molecule has 0 saturated carbocycles. The Labute approximate surface area is 136 Å². The van der Waals surface area contributed by atoms with Gasteiger partial charge >= 0.3 is 0 Å². The minimum Gasteiger partial charge on any atom is -0.376 e. The van der Waals surface area contributed by atoms with Crippen molar-refractivity contribution >= 4 is 17.3 Å². The normalized spacial score (nSPS) is 26.7. The van der Waals surface area contributed by atoms with Gasteiger partial charge < -0.3 is 25.0 Å². The van der Waals surface area contributed by atoms with Crippen molar-refractivity contribution in [2.75, 3.05) is 49.7 Å². The second kappa shape index (κ2) is 6.11. The number of nitrogens with zero attached hydrogens (tertiary/aromatic N) is 1. The van der Waals surface area contributed by atoms with Crippen LogP contribution in [-0.2, 0) is 14.3 Å². The standard InChI is InChI=1S/C17H23N3O3/c21-16-17(5-7-18-8-6-17)19-14-3-1-2-4-15(14)20(16)11-13-12-22-9-10-23-13/h1-4,13,18-19H,5-12H2/t13-/m0/s1. The third-order valence-corrected chi connectivity index (χ3v) is 4.95. The predicted octanol–water partition coefficient (Wildman–Crippen LogP) is 0.983. The fourth-order valence-electron chi connectivity index (χ4n) is 3.71. The first-order chi connectivity index (χ1) is 11.3. The number of benzene rings is 1. The number of para-hydroxylation sites is 2. The van der Waals surface area contributed by atoms with Gasteiger partial charge in [-0.25, -0.2) is 0 Å². The highest BCUT2D eigenvalue weighted by Crippen LogP contribution is 2.39. The largest absolute Gasteiger partial charge is 0.376 e. The number of nitrogens with one attached hydrogen (secondary N) is 2. The van der Waals surface area contributed by atoms with Crippen LogP contribution in [0.5, 0.6) is 0 Å². The summed E-state index contributed by atoms with van der Waals surface area (Å²) < 4.78 is 11.3. The number of ether oxygens (including phenoxy) is 2. The zero-order valence-corrected chi connectivity index (χ0v) is 13.2. The Kier molecular flexibility index (Phi) is 3.97. The third kappa shape index (κ3) is 2.71. The van der Waals surface area contributed by atoms with E-state index >= 15 is 0 Å². The maximum absolute atomic E-state index is 13.3. The van der Waals surface area contributed by atoms with Gasteiger partial charge in [0.25, 0.3) is 5.91 Å². The van der Waals surface area contributed by atoms with E-state index in [1.165, 1.54) is 0 Å². The van der Waals surface area contributed by atoms with Crippen molar-refractivity contribution in [3.8, 4) is 0 Å². The molecule has 0 aromatic heterocycles. The molecule has 0 aliphatic carbocycles. The molecular weight excluding hydrogens is 294 g/mol. The topological polar surface area (TPSA) is 62.8 Å². The lowest BCUT2D eigenvalue weighted by Crippen LogP contribution is -2.62. The van der Waals surface area contributed by atoms with Crippen LogP contribution in [0.25, 0.3) is 0 Å². The van der Waals surface area contributed by atoms with Crippen LogP contribution in [0, 0.1) is 0 Å². The molecule has 1 aromatic carbocycles. The molecule has 3 heterocycles. The number of amides is 1. The molecule has 6 heteroatoms. The van der Waals surface area contributed by atoms with Crippen molar-refractivity contribution in [3.63, 3.8) is 0 Å². The van der Waals surface area contributed by atoms with E-state index in [-0.39, 0.29) is 12.0 Å². The van der Waals surface area contributed by atoms with Crippen molar-refractivity contribution in [2.24, 2.45) is 0 Å². The van der Waals surface area contributed by atoms with Crippen LogP contribution in [0.3, 0.4) is 0 Å². The molecule has 6 nitrogen and oxygen atoms in total. The summed E-state index contributed by atoms with van der Waals surface area (Å²) in [5, 5.41) is 6.87. The van der Waals surface area contributed by atoms with E-state index in [0.29, 0.717) is 26.4 Å². The maximum atomic E-state index is 13.3. The van der Waals surface area contributed by atoms with E-state index in [0.717, 1.165) is 37.3 Å². The van der Waals surface area contributed by atoms with Crippen LogP contribution in [-0.4, -0.2) is 57.0 Å². The molecule has 0 bridgehead atoms. The van der Waals surface area contributed by atoms with E-state index in [1.54, 1.807) is 0 Å². The summed E-state index contributed by atoms with van der Waals surface area (Å²) in [5.74, 6) is 0.159. The molecule has 4 rings (SSSR count). The summed E-state index contributed by atoms with van der Waals surface area (Å²) in [6, 6.07) is 8.03. The summed E-state index contributed by atoms with van der Waals surface area (Å²) in [7, 11) is 0. The van der Waals surface area contributed by atoms with Crippen molar-refractivity contribution in [1.82, 2.24) is 5.32 Å². The lowest BCUT2D eigenvalue weighted by molar-refractivity contribution is -0.126. The van der Waals surface area contributed by atoms with Crippen LogP contribution in [0.4, 0.5) is 11.4 Å². The molecule has 0 radical (unpaired) electrons.